The van der Waals surface area contributed by atoms with E-state index in [9.17, 15) is 9.59 Å². The molecule has 0 aliphatic carbocycles. The zero-order chi connectivity index (χ0) is 26.7. The van der Waals surface area contributed by atoms with E-state index in [0.717, 1.165) is 62.8 Å². The Hall–Kier alpha value is -3.23. The largest absolute Gasteiger partial charge is 0.465 e. The molecule has 0 spiro atoms. The molecular formula is C30H40N4O4. The SMILES string of the molecule is CCCCONC(=O)c1ccc(Cn2ccc3c(C4CCN(CC(=O)OCCCC)CC4)ccnc32)cc1. The molecule has 1 aliphatic rings. The standard InChI is InChI=1S/C30H40N4O4/c1-3-5-19-37-28(35)22-33-16-12-24(13-17-33)26-11-15-31-29-27(26)14-18-34(29)21-23-7-9-25(10-8-23)30(36)32-38-20-6-4-2/h7-11,14-15,18,24H,3-6,12-13,16-17,19-22H2,1-2H3,(H,32,36). The summed E-state index contributed by atoms with van der Waals surface area (Å²) >= 11 is 0. The van der Waals surface area contributed by atoms with Crippen molar-refractivity contribution in [2.45, 2.75) is 64.8 Å². The molecule has 1 aromatic carbocycles. The molecule has 0 bridgehead atoms. The maximum absolute atomic E-state index is 12.2. The number of esters is 1. The third-order valence-electron chi connectivity index (χ3n) is 7.17. The van der Waals surface area contributed by atoms with Crippen LogP contribution in [0.5, 0.6) is 0 Å². The van der Waals surface area contributed by atoms with Crippen molar-refractivity contribution in [3.8, 4) is 0 Å². The lowest BCUT2D eigenvalue weighted by atomic mass is 9.88. The van der Waals surface area contributed by atoms with E-state index in [1.807, 2.05) is 30.5 Å². The van der Waals surface area contributed by atoms with Gasteiger partial charge in [0, 0.05) is 29.9 Å². The number of likely N-dealkylation sites (tertiary alicyclic amines) is 1. The van der Waals surface area contributed by atoms with Crippen LogP contribution in [0.3, 0.4) is 0 Å². The molecule has 0 atom stereocenters. The van der Waals surface area contributed by atoms with Crippen molar-refractivity contribution in [3.05, 3.63) is 65.5 Å². The fourth-order valence-electron chi connectivity index (χ4n) is 4.91. The zero-order valence-electron chi connectivity index (χ0n) is 22.7. The third-order valence-corrected chi connectivity index (χ3v) is 7.17. The maximum Gasteiger partial charge on any atom is 0.320 e. The van der Waals surface area contributed by atoms with E-state index < -0.39 is 0 Å². The number of carbonyl (C=O) groups is 2. The van der Waals surface area contributed by atoms with E-state index in [4.69, 9.17) is 9.57 Å². The van der Waals surface area contributed by atoms with E-state index in [1.165, 1.54) is 10.9 Å². The molecule has 1 amide bonds. The van der Waals surface area contributed by atoms with Crippen molar-refractivity contribution in [2.75, 3.05) is 32.8 Å². The first kappa shape index (κ1) is 27.8. The number of hydroxylamine groups is 1. The first-order valence-electron chi connectivity index (χ1n) is 13.9. The number of unbranched alkanes of at least 4 members (excludes halogenated alkanes) is 2. The molecule has 204 valence electrons. The normalized spacial score (nSPS) is 14.6. The average molecular weight is 521 g/mol. The van der Waals surface area contributed by atoms with Gasteiger partial charge in [0.1, 0.15) is 5.65 Å². The lowest BCUT2D eigenvalue weighted by Crippen LogP contribution is -2.37. The van der Waals surface area contributed by atoms with Crippen LogP contribution in [-0.2, 0) is 20.9 Å². The highest BCUT2D eigenvalue weighted by Crippen LogP contribution is 2.33. The number of nitrogens with one attached hydrogen (secondary N) is 1. The lowest BCUT2D eigenvalue weighted by molar-refractivity contribution is -0.145. The van der Waals surface area contributed by atoms with Gasteiger partial charge < -0.3 is 9.30 Å². The zero-order valence-corrected chi connectivity index (χ0v) is 22.7. The Bertz CT molecular complexity index is 1180. The number of amides is 1. The summed E-state index contributed by atoms with van der Waals surface area (Å²) < 4.78 is 7.49. The highest BCUT2D eigenvalue weighted by molar-refractivity contribution is 5.93. The molecule has 8 heteroatoms. The molecule has 1 fully saturated rings. The number of fused-ring (bicyclic) bond motifs is 1. The summed E-state index contributed by atoms with van der Waals surface area (Å²) in [5, 5.41) is 1.19. The molecule has 0 saturated carbocycles. The van der Waals surface area contributed by atoms with Crippen LogP contribution in [0, 0.1) is 0 Å². The maximum atomic E-state index is 12.2. The fourth-order valence-corrected chi connectivity index (χ4v) is 4.91. The predicted molar refractivity (Wildman–Crippen MR) is 148 cm³/mol. The monoisotopic (exact) mass is 520 g/mol. The summed E-state index contributed by atoms with van der Waals surface area (Å²) in [5.41, 5.74) is 6.47. The fraction of sp³-hybridized carbons (Fsp3) is 0.500. The summed E-state index contributed by atoms with van der Waals surface area (Å²) in [7, 11) is 0. The first-order valence-corrected chi connectivity index (χ1v) is 13.9. The van der Waals surface area contributed by atoms with E-state index in [1.54, 1.807) is 0 Å². The molecule has 38 heavy (non-hydrogen) atoms. The van der Waals surface area contributed by atoms with Crippen molar-refractivity contribution in [3.63, 3.8) is 0 Å². The Balaban J connectivity index is 1.34. The van der Waals surface area contributed by atoms with Gasteiger partial charge in [-0.15, -0.1) is 0 Å². The van der Waals surface area contributed by atoms with Crippen molar-refractivity contribution >= 4 is 22.9 Å². The van der Waals surface area contributed by atoms with Crippen LogP contribution in [0.1, 0.15) is 79.8 Å². The molecule has 1 saturated heterocycles. The molecule has 2 aromatic heterocycles. The minimum absolute atomic E-state index is 0.116. The number of piperidine rings is 1. The molecule has 3 heterocycles. The summed E-state index contributed by atoms with van der Waals surface area (Å²) in [5.74, 6) is 0.0973. The van der Waals surface area contributed by atoms with Crippen LogP contribution in [0.25, 0.3) is 11.0 Å². The summed E-state index contributed by atoms with van der Waals surface area (Å²) in [6, 6.07) is 11.9. The van der Waals surface area contributed by atoms with Gasteiger partial charge in [0.25, 0.3) is 5.91 Å². The number of rotatable bonds is 13. The minimum Gasteiger partial charge on any atom is -0.465 e. The van der Waals surface area contributed by atoms with Gasteiger partial charge in [-0.25, -0.2) is 10.5 Å². The Kier molecular flexibility index (Phi) is 10.3. The molecule has 8 nitrogen and oxygen atoms in total. The minimum atomic E-state index is -0.232. The van der Waals surface area contributed by atoms with Crippen LogP contribution < -0.4 is 5.48 Å². The molecule has 1 aliphatic heterocycles. The van der Waals surface area contributed by atoms with Gasteiger partial charge >= 0.3 is 5.97 Å². The van der Waals surface area contributed by atoms with Gasteiger partial charge in [0.15, 0.2) is 0 Å². The Labute approximate surface area is 225 Å². The molecule has 4 rings (SSSR count). The van der Waals surface area contributed by atoms with Gasteiger partial charge in [0.05, 0.1) is 19.8 Å². The van der Waals surface area contributed by atoms with Crippen molar-refractivity contribution in [1.29, 1.82) is 0 Å². The Morgan fingerprint density at radius 1 is 1.00 bits per heavy atom. The lowest BCUT2D eigenvalue weighted by Gasteiger charge is -2.31. The van der Waals surface area contributed by atoms with Crippen LogP contribution in [0.15, 0.2) is 48.8 Å². The topological polar surface area (TPSA) is 85.7 Å². The molecule has 0 radical (unpaired) electrons. The number of aromatic nitrogens is 2. The average Bonchev–Trinajstić information content (AvgIpc) is 3.35. The predicted octanol–water partition coefficient (Wildman–Crippen LogP) is 5.07. The second-order valence-electron chi connectivity index (χ2n) is 10.0. The molecule has 3 aromatic rings. The number of benzene rings is 1. The molecular weight excluding hydrogens is 480 g/mol. The van der Waals surface area contributed by atoms with Gasteiger partial charge in [-0.3, -0.25) is 19.3 Å². The smallest absolute Gasteiger partial charge is 0.320 e. The highest BCUT2D eigenvalue weighted by atomic mass is 16.6. The van der Waals surface area contributed by atoms with Crippen LogP contribution in [0.4, 0.5) is 0 Å². The van der Waals surface area contributed by atoms with Crippen LogP contribution in [0.2, 0.25) is 0 Å². The molecule has 0 unspecified atom stereocenters. The number of nitrogens with zero attached hydrogens (tertiary/aromatic N) is 3. The van der Waals surface area contributed by atoms with Gasteiger partial charge in [-0.05, 0) is 80.1 Å². The number of carbonyl (C=O) groups excluding carboxylic acids is 2. The second-order valence-corrected chi connectivity index (χ2v) is 10.0. The summed E-state index contributed by atoms with van der Waals surface area (Å²) in [6.45, 7) is 8.04. The third kappa shape index (κ3) is 7.42. The van der Waals surface area contributed by atoms with Gasteiger partial charge in [-0.2, -0.15) is 0 Å². The second kappa shape index (κ2) is 14.1. The van der Waals surface area contributed by atoms with Crippen LogP contribution >= 0.6 is 0 Å². The van der Waals surface area contributed by atoms with Crippen molar-refractivity contribution < 1.29 is 19.2 Å². The highest BCUT2D eigenvalue weighted by Gasteiger charge is 2.24. The quantitative estimate of drug-likeness (QED) is 0.192. The van der Waals surface area contributed by atoms with Gasteiger partial charge in [0.2, 0.25) is 0 Å². The summed E-state index contributed by atoms with van der Waals surface area (Å²) in [6.07, 6.45) is 9.89. The molecule has 1 N–H and O–H groups in total. The van der Waals surface area contributed by atoms with Crippen LogP contribution in [-0.4, -0.2) is 59.2 Å². The van der Waals surface area contributed by atoms with E-state index >= 15 is 0 Å². The number of hydrogen-bond acceptors (Lipinski definition) is 6. The van der Waals surface area contributed by atoms with Crippen molar-refractivity contribution in [1.82, 2.24) is 19.9 Å². The van der Waals surface area contributed by atoms with E-state index in [-0.39, 0.29) is 11.9 Å². The number of pyridine rings is 1. The van der Waals surface area contributed by atoms with Crippen molar-refractivity contribution in [2.24, 2.45) is 0 Å². The first-order chi connectivity index (χ1) is 18.6. The summed E-state index contributed by atoms with van der Waals surface area (Å²) in [4.78, 5) is 36.4. The van der Waals surface area contributed by atoms with E-state index in [0.29, 0.717) is 37.8 Å². The Morgan fingerprint density at radius 3 is 2.47 bits per heavy atom. The Morgan fingerprint density at radius 2 is 1.74 bits per heavy atom. The van der Waals surface area contributed by atoms with Gasteiger partial charge in [-0.1, -0.05) is 38.8 Å². The number of hydrogen-bond donors (Lipinski definition) is 1. The van der Waals surface area contributed by atoms with E-state index in [2.05, 4.69) is 52.1 Å². The number of ether oxygens (including phenoxy) is 1.